The minimum absolute atomic E-state index is 0.133. The van der Waals surface area contributed by atoms with Crippen LogP contribution in [0.2, 0.25) is 5.15 Å². The van der Waals surface area contributed by atoms with Gasteiger partial charge in [-0.05, 0) is 30.9 Å². The lowest BCUT2D eigenvalue weighted by atomic mass is 9.81. The van der Waals surface area contributed by atoms with E-state index >= 15 is 0 Å². The van der Waals surface area contributed by atoms with Crippen LogP contribution in [-0.4, -0.2) is 22.2 Å². The summed E-state index contributed by atoms with van der Waals surface area (Å²) in [6, 6.07) is 4.25. The third-order valence-electron chi connectivity index (χ3n) is 4.47. The fourth-order valence-corrected chi connectivity index (χ4v) is 3.48. The van der Waals surface area contributed by atoms with Gasteiger partial charge in [0.05, 0.1) is 6.10 Å². The van der Waals surface area contributed by atoms with Crippen molar-refractivity contribution < 1.29 is 5.11 Å². The molecule has 0 bridgehead atoms. The van der Waals surface area contributed by atoms with Crippen LogP contribution in [0.5, 0.6) is 0 Å². The number of aliphatic hydroxyl groups is 1. The van der Waals surface area contributed by atoms with Crippen LogP contribution in [0, 0.1) is 5.92 Å². The molecule has 2 aliphatic rings. The van der Waals surface area contributed by atoms with Gasteiger partial charge in [-0.25, -0.2) is 4.98 Å². The first-order valence-corrected chi connectivity index (χ1v) is 7.84. The molecule has 1 saturated carbocycles. The zero-order valence-corrected chi connectivity index (χ0v) is 12.3. The number of hydrogen-bond donors (Lipinski definition) is 2. The number of aliphatic hydroxyl groups excluding tert-OH is 1. The van der Waals surface area contributed by atoms with Crippen molar-refractivity contribution in [3.8, 4) is 0 Å². The third-order valence-corrected chi connectivity index (χ3v) is 4.69. The van der Waals surface area contributed by atoms with E-state index in [2.05, 4.69) is 16.4 Å². The Morgan fingerprint density at radius 2 is 2.15 bits per heavy atom. The van der Waals surface area contributed by atoms with Crippen molar-refractivity contribution in [1.29, 1.82) is 0 Å². The molecule has 1 fully saturated rings. The van der Waals surface area contributed by atoms with E-state index < -0.39 is 0 Å². The average Bonchev–Trinajstić information content (AvgIpc) is 2.90. The van der Waals surface area contributed by atoms with Crippen molar-refractivity contribution in [2.45, 2.75) is 50.7 Å². The molecule has 0 spiro atoms. The summed E-state index contributed by atoms with van der Waals surface area (Å²) in [7, 11) is 0. The van der Waals surface area contributed by atoms with Crippen molar-refractivity contribution in [3.05, 3.63) is 40.8 Å². The fourth-order valence-electron chi connectivity index (χ4n) is 3.37. The van der Waals surface area contributed by atoms with E-state index in [1.165, 1.54) is 18.5 Å². The molecular weight excluding hydrogens is 272 g/mol. The van der Waals surface area contributed by atoms with Gasteiger partial charge in [-0.15, -0.1) is 0 Å². The smallest absolute Gasteiger partial charge is 0.129 e. The highest BCUT2D eigenvalue weighted by atomic mass is 35.5. The molecule has 1 aliphatic carbocycles. The van der Waals surface area contributed by atoms with E-state index in [0.29, 0.717) is 17.1 Å². The highest BCUT2D eigenvalue weighted by Gasteiger charge is 2.32. The summed E-state index contributed by atoms with van der Waals surface area (Å²) in [6.45, 7) is 0. The number of rotatable bonds is 3. The molecular formula is C16H21ClN2O. The Balaban J connectivity index is 1.57. The Labute approximate surface area is 125 Å². The first-order chi connectivity index (χ1) is 9.72. The van der Waals surface area contributed by atoms with Crippen molar-refractivity contribution in [2.24, 2.45) is 5.92 Å². The third kappa shape index (κ3) is 3.15. The molecule has 0 saturated heterocycles. The van der Waals surface area contributed by atoms with E-state index in [-0.39, 0.29) is 6.10 Å². The van der Waals surface area contributed by atoms with Crippen LogP contribution in [0.1, 0.15) is 37.7 Å². The molecule has 1 unspecified atom stereocenters. The van der Waals surface area contributed by atoms with Gasteiger partial charge in [0.1, 0.15) is 5.15 Å². The number of aromatic nitrogens is 1. The highest BCUT2D eigenvalue weighted by Crippen LogP contribution is 2.31. The number of halogens is 1. The van der Waals surface area contributed by atoms with Gasteiger partial charge >= 0.3 is 0 Å². The number of nitrogens with one attached hydrogen (secondary N) is 1. The lowest BCUT2D eigenvalue weighted by Crippen LogP contribution is -2.40. The Hall–Kier alpha value is -1.06. The quantitative estimate of drug-likeness (QED) is 0.842. The van der Waals surface area contributed by atoms with E-state index in [0.717, 1.165) is 31.2 Å². The summed E-state index contributed by atoms with van der Waals surface area (Å²) in [5, 5.41) is 14.3. The average molecular weight is 293 g/mol. The summed E-state index contributed by atoms with van der Waals surface area (Å²) < 4.78 is 0. The molecule has 1 aromatic rings. The molecule has 4 heteroatoms. The number of allylic oxidation sites excluding steroid dienone is 1. The number of nitrogens with zero attached hydrogens (tertiary/aromatic N) is 1. The Bertz CT molecular complexity index is 486. The number of hydrogen-bond acceptors (Lipinski definition) is 3. The largest absolute Gasteiger partial charge is 0.393 e. The summed E-state index contributed by atoms with van der Waals surface area (Å²) in [6.07, 6.45) is 10.4. The first kappa shape index (κ1) is 13.9. The molecule has 0 aromatic carbocycles. The maximum Gasteiger partial charge on any atom is 0.129 e. The van der Waals surface area contributed by atoms with Gasteiger partial charge < -0.3 is 10.4 Å². The van der Waals surface area contributed by atoms with Crippen LogP contribution >= 0.6 is 11.6 Å². The van der Waals surface area contributed by atoms with E-state index in [9.17, 15) is 5.11 Å². The molecule has 3 nitrogen and oxygen atoms in total. The lowest BCUT2D eigenvalue weighted by Gasteiger charge is -2.33. The molecule has 1 aliphatic heterocycles. The first-order valence-electron chi connectivity index (χ1n) is 7.46. The van der Waals surface area contributed by atoms with E-state index in [4.69, 9.17) is 11.6 Å². The zero-order valence-electron chi connectivity index (χ0n) is 11.6. The standard InChI is InChI=1S/C16H21ClN2O/c17-16-8-5-11(10-18-16)9-12-6-7-14(19-12)13-3-1-2-4-15(13)20/h5-6,8,10,13-15,19-20H,1-4,7,9H2/t13-,14?,15+/m0/s1. The molecule has 20 heavy (non-hydrogen) atoms. The molecule has 3 atom stereocenters. The molecule has 2 N–H and O–H groups in total. The Kier molecular flexibility index (Phi) is 4.27. The van der Waals surface area contributed by atoms with Crippen LogP contribution in [-0.2, 0) is 6.42 Å². The molecule has 0 radical (unpaired) electrons. The second-order valence-corrected chi connectivity index (χ2v) is 6.28. The predicted molar refractivity (Wildman–Crippen MR) is 80.5 cm³/mol. The maximum absolute atomic E-state index is 10.1. The van der Waals surface area contributed by atoms with Crippen molar-refractivity contribution in [1.82, 2.24) is 10.3 Å². The molecule has 1 aromatic heterocycles. The summed E-state index contributed by atoms with van der Waals surface area (Å²) in [5.41, 5.74) is 2.41. The normalized spacial score (nSPS) is 29.9. The lowest BCUT2D eigenvalue weighted by molar-refractivity contribution is 0.0526. The fraction of sp³-hybridized carbons (Fsp3) is 0.562. The van der Waals surface area contributed by atoms with Crippen LogP contribution in [0.25, 0.3) is 0 Å². The van der Waals surface area contributed by atoms with Gasteiger partial charge in [-0.1, -0.05) is 36.6 Å². The van der Waals surface area contributed by atoms with Gasteiger partial charge in [-0.2, -0.15) is 0 Å². The van der Waals surface area contributed by atoms with E-state index in [1.54, 1.807) is 0 Å². The molecule has 108 valence electrons. The monoisotopic (exact) mass is 292 g/mol. The zero-order chi connectivity index (χ0) is 13.9. The molecule has 3 rings (SSSR count). The van der Waals surface area contributed by atoms with Crippen LogP contribution in [0.3, 0.4) is 0 Å². The van der Waals surface area contributed by atoms with Crippen LogP contribution < -0.4 is 5.32 Å². The SMILES string of the molecule is O[C@@H]1CCCC[C@H]1C1CC=C(Cc2ccc(Cl)nc2)N1. The predicted octanol–water partition coefficient (Wildman–Crippen LogP) is 3.07. The topological polar surface area (TPSA) is 45.2 Å². The second-order valence-electron chi connectivity index (χ2n) is 5.90. The summed E-state index contributed by atoms with van der Waals surface area (Å²) in [5.74, 6) is 0.404. The summed E-state index contributed by atoms with van der Waals surface area (Å²) >= 11 is 5.80. The Morgan fingerprint density at radius 1 is 1.30 bits per heavy atom. The summed E-state index contributed by atoms with van der Waals surface area (Å²) in [4.78, 5) is 4.11. The van der Waals surface area contributed by atoms with E-state index in [1.807, 2.05) is 18.3 Å². The molecule has 0 amide bonds. The van der Waals surface area contributed by atoms with Gasteiger partial charge in [0.2, 0.25) is 0 Å². The maximum atomic E-state index is 10.1. The van der Waals surface area contributed by atoms with Gasteiger partial charge in [0.15, 0.2) is 0 Å². The van der Waals surface area contributed by atoms with Crippen molar-refractivity contribution >= 4 is 11.6 Å². The molecule has 2 heterocycles. The van der Waals surface area contributed by atoms with Gasteiger partial charge in [0, 0.05) is 30.3 Å². The number of pyridine rings is 1. The van der Waals surface area contributed by atoms with Crippen LogP contribution in [0.15, 0.2) is 30.1 Å². The minimum Gasteiger partial charge on any atom is -0.393 e. The van der Waals surface area contributed by atoms with Crippen molar-refractivity contribution in [2.75, 3.05) is 0 Å². The van der Waals surface area contributed by atoms with Crippen molar-refractivity contribution in [3.63, 3.8) is 0 Å². The van der Waals surface area contributed by atoms with Gasteiger partial charge in [-0.3, -0.25) is 0 Å². The van der Waals surface area contributed by atoms with Gasteiger partial charge in [0.25, 0.3) is 0 Å². The highest BCUT2D eigenvalue weighted by molar-refractivity contribution is 6.29. The minimum atomic E-state index is -0.133. The van der Waals surface area contributed by atoms with Crippen LogP contribution in [0.4, 0.5) is 0 Å². The Morgan fingerprint density at radius 3 is 2.90 bits per heavy atom. The second kappa shape index (κ2) is 6.15.